The number of carbonyl (C=O) groups is 1. The summed E-state index contributed by atoms with van der Waals surface area (Å²) in [4.78, 5) is 15.5. The van der Waals surface area contributed by atoms with E-state index in [1.165, 1.54) is 0 Å². The number of ether oxygens (including phenoxy) is 1. The molecule has 2 aromatic carbocycles. The second-order valence-corrected chi connectivity index (χ2v) is 6.48. The van der Waals surface area contributed by atoms with Crippen molar-refractivity contribution in [2.24, 2.45) is 0 Å². The molecule has 2 heterocycles. The van der Waals surface area contributed by atoms with Crippen molar-refractivity contribution in [3.05, 3.63) is 71.7 Å². The molecule has 27 heavy (non-hydrogen) atoms. The van der Waals surface area contributed by atoms with E-state index in [0.29, 0.717) is 5.89 Å². The molecule has 1 atom stereocenters. The molecule has 0 amide bonds. The fourth-order valence-corrected chi connectivity index (χ4v) is 2.93. The van der Waals surface area contributed by atoms with Crippen LogP contribution in [0.25, 0.3) is 22.4 Å². The van der Waals surface area contributed by atoms with Gasteiger partial charge in [-0.3, -0.25) is 4.79 Å². The highest BCUT2D eigenvalue weighted by Gasteiger charge is 2.20. The Morgan fingerprint density at radius 3 is 2.74 bits per heavy atom. The first-order valence-electron chi connectivity index (χ1n) is 8.75. The lowest BCUT2D eigenvalue weighted by molar-refractivity contribution is -0.148. The number of aryl methyl sites for hydroxylation is 1. The van der Waals surface area contributed by atoms with Crippen LogP contribution in [0.3, 0.4) is 0 Å². The first-order valence-corrected chi connectivity index (χ1v) is 8.75. The van der Waals surface area contributed by atoms with Crippen LogP contribution in [0.1, 0.15) is 30.0 Å². The minimum absolute atomic E-state index is 0.174. The number of nitrogens with zero attached hydrogens (tertiary/aromatic N) is 2. The molecule has 0 fully saturated rings. The maximum Gasteiger partial charge on any atom is 0.311 e. The van der Waals surface area contributed by atoms with Crippen molar-refractivity contribution in [2.45, 2.75) is 26.4 Å². The van der Waals surface area contributed by atoms with E-state index in [-0.39, 0.29) is 18.3 Å². The van der Waals surface area contributed by atoms with E-state index in [1.54, 1.807) is 6.92 Å². The number of H-pyrrole nitrogens is 1. The Morgan fingerprint density at radius 1 is 1.15 bits per heavy atom. The second kappa shape index (κ2) is 7.07. The topological polar surface area (TPSA) is 81.0 Å². The quantitative estimate of drug-likeness (QED) is 0.534. The van der Waals surface area contributed by atoms with E-state index in [2.05, 4.69) is 15.2 Å². The molecule has 0 unspecified atom stereocenters. The zero-order valence-electron chi connectivity index (χ0n) is 15.1. The minimum atomic E-state index is -0.616. The molecule has 0 spiro atoms. The highest BCUT2D eigenvalue weighted by Crippen LogP contribution is 2.24. The number of hydrogen-bond acceptors (Lipinski definition) is 5. The molecule has 0 aliphatic rings. The van der Waals surface area contributed by atoms with E-state index in [1.807, 2.05) is 61.7 Å². The number of rotatable bonds is 5. The van der Waals surface area contributed by atoms with Gasteiger partial charge in [-0.25, -0.2) is 0 Å². The average Bonchev–Trinajstić information content (AvgIpc) is 3.30. The number of hydrogen-bond donors (Lipinski definition) is 1. The van der Waals surface area contributed by atoms with Crippen LogP contribution in [-0.2, 0) is 16.0 Å². The van der Waals surface area contributed by atoms with Crippen molar-refractivity contribution in [2.75, 3.05) is 0 Å². The lowest BCUT2D eigenvalue weighted by Gasteiger charge is -2.09. The molecule has 2 aromatic heterocycles. The van der Waals surface area contributed by atoms with Crippen molar-refractivity contribution >= 4 is 16.9 Å². The predicted molar refractivity (Wildman–Crippen MR) is 101 cm³/mol. The highest BCUT2D eigenvalue weighted by molar-refractivity contribution is 5.87. The summed E-state index contributed by atoms with van der Waals surface area (Å²) in [6.45, 7) is 3.73. The van der Waals surface area contributed by atoms with Crippen LogP contribution in [0.5, 0.6) is 0 Å². The molecule has 0 aliphatic carbocycles. The largest absolute Gasteiger partial charge is 0.452 e. The monoisotopic (exact) mass is 361 g/mol. The molecule has 4 aromatic rings. The van der Waals surface area contributed by atoms with Gasteiger partial charge in [0.15, 0.2) is 6.10 Å². The molecule has 0 saturated heterocycles. The number of esters is 1. The van der Waals surface area contributed by atoms with Crippen LogP contribution in [0.15, 0.2) is 59.1 Å². The Bertz CT molecular complexity index is 1080. The Kier molecular flexibility index (Phi) is 4.46. The van der Waals surface area contributed by atoms with Gasteiger partial charge < -0.3 is 14.1 Å². The molecule has 6 heteroatoms. The molecular formula is C21H19N3O3. The summed E-state index contributed by atoms with van der Waals surface area (Å²) >= 11 is 0. The summed E-state index contributed by atoms with van der Waals surface area (Å²) in [7, 11) is 0. The molecular weight excluding hydrogens is 342 g/mol. The third kappa shape index (κ3) is 3.60. The number of para-hydroxylation sites is 1. The zero-order chi connectivity index (χ0) is 18.8. The number of nitrogens with one attached hydrogen (secondary N) is 1. The van der Waals surface area contributed by atoms with E-state index in [4.69, 9.17) is 9.15 Å². The van der Waals surface area contributed by atoms with Crippen LogP contribution >= 0.6 is 0 Å². The minimum Gasteiger partial charge on any atom is -0.452 e. The smallest absolute Gasteiger partial charge is 0.311 e. The summed E-state index contributed by atoms with van der Waals surface area (Å²) in [5.74, 6) is 0.338. The third-order valence-corrected chi connectivity index (χ3v) is 4.40. The third-order valence-electron chi connectivity index (χ3n) is 4.40. The van der Waals surface area contributed by atoms with Crippen LogP contribution in [0.2, 0.25) is 0 Å². The van der Waals surface area contributed by atoms with Gasteiger partial charge in [0.25, 0.3) is 5.89 Å². The Balaban J connectivity index is 1.43. The standard InChI is InChI=1S/C21H19N3O3/c1-13-7-9-15(10-8-13)21-24-23-20(27-21)14(2)26-19(25)11-16-12-22-18-6-4-3-5-17(16)18/h3-10,12,14,22H,11H2,1-2H3/t14-/m0/s1. The van der Waals surface area contributed by atoms with Crippen molar-refractivity contribution in [1.29, 1.82) is 0 Å². The first kappa shape index (κ1) is 17.0. The summed E-state index contributed by atoms with van der Waals surface area (Å²) in [6, 6.07) is 15.6. The predicted octanol–water partition coefficient (Wildman–Crippen LogP) is 4.37. The fourth-order valence-electron chi connectivity index (χ4n) is 2.93. The summed E-state index contributed by atoms with van der Waals surface area (Å²) < 4.78 is 11.1. The Morgan fingerprint density at radius 2 is 1.93 bits per heavy atom. The van der Waals surface area contributed by atoms with Gasteiger partial charge in [-0.05, 0) is 37.6 Å². The van der Waals surface area contributed by atoms with Gasteiger partial charge in [0.05, 0.1) is 6.42 Å². The number of aromatic amines is 1. The SMILES string of the molecule is Cc1ccc(-c2nnc([C@H](C)OC(=O)Cc3c[nH]c4ccccc34)o2)cc1. The van der Waals surface area contributed by atoms with Crippen molar-refractivity contribution in [1.82, 2.24) is 15.2 Å². The maximum atomic E-state index is 12.3. The molecule has 4 rings (SSSR count). The summed E-state index contributed by atoms with van der Waals surface area (Å²) in [6.07, 6.45) is 1.39. The van der Waals surface area contributed by atoms with E-state index in [9.17, 15) is 4.79 Å². The zero-order valence-corrected chi connectivity index (χ0v) is 15.1. The molecule has 0 saturated carbocycles. The lowest BCUT2D eigenvalue weighted by atomic mass is 10.1. The Hall–Kier alpha value is -3.41. The number of carbonyl (C=O) groups excluding carboxylic acids is 1. The molecule has 6 nitrogen and oxygen atoms in total. The number of fused-ring (bicyclic) bond motifs is 1. The second-order valence-electron chi connectivity index (χ2n) is 6.48. The van der Waals surface area contributed by atoms with Gasteiger partial charge in [0.2, 0.25) is 5.89 Å². The number of aromatic nitrogens is 3. The van der Waals surface area contributed by atoms with E-state index < -0.39 is 6.10 Å². The molecule has 0 aliphatic heterocycles. The van der Waals surface area contributed by atoms with Crippen LogP contribution in [0, 0.1) is 6.92 Å². The molecule has 0 radical (unpaired) electrons. The van der Waals surface area contributed by atoms with E-state index in [0.717, 1.165) is 27.6 Å². The summed E-state index contributed by atoms with van der Waals surface area (Å²) in [5, 5.41) is 9.08. The van der Waals surface area contributed by atoms with Gasteiger partial charge in [0, 0.05) is 22.7 Å². The van der Waals surface area contributed by atoms with E-state index >= 15 is 0 Å². The van der Waals surface area contributed by atoms with Gasteiger partial charge >= 0.3 is 5.97 Å². The fraction of sp³-hybridized carbons (Fsp3) is 0.190. The lowest BCUT2D eigenvalue weighted by Crippen LogP contribution is -2.11. The van der Waals surface area contributed by atoms with Crippen molar-refractivity contribution in [3.63, 3.8) is 0 Å². The molecule has 0 bridgehead atoms. The van der Waals surface area contributed by atoms with Crippen molar-refractivity contribution in [3.8, 4) is 11.5 Å². The maximum absolute atomic E-state index is 12.3. The first-order chi connectivity index (χ1) is 13.1. The van der Waals surface area contributed by atoms with Crippen LogP contribution in [-0.4, -0.2) is 21.2 Å². The van der Waals surface area contributed by atoms with Crippen LogP contribution in [0.4, 0.5) is 0 Å². The highest BCUT2D eigenvalue weighted by atomic mass is 16.6. The molecule has 1 N–H and O–H groups in total. The van der Waals surface area contributed by atoms with Crippen molar-refractivity contribution < 1.29 is 13.9 Å². The molecule has 136 valence electrons. The van der Waals surface area contributed by atoms with Gasteiger partial charge in [-0.15, -0.1) is 10.2 Å². The normalized spacial score (nSPS) is 12.2. The average molecular weight is 361 g/mol. The van der Waals surface area contributed by atoms with Gasteiger partial charge in [-0.2, -0.15) is 0 Å². The van der Waals surface area contributed by atoms with Gasteiger partial charge in [0.1, 0.15) is 0 Å². The summed E-state index contributed by atoms with van der Waals surface area (Å²) in [5.41, 5.74) is 3.87. The van der Waals surface area contributed by atoms with Crippen LogP contribution < -0.4 is 0 Å². The Labute approximate surface area is 156 Å². The van der Waals surface area contributed by atoms with Gasteiger partial charge in [-0.1, -0.05) is 35.9 Å². The number of benzene rings is 2.